The largest absolute Gasteiger partial charge is 0.756 e. The molecule has 0 saturated carbocycles. The highest BCUT2D eigenvalue weighted by atomic mass is 31.2. The van der Waals surface area contributed by atoms with Crippen molar-refractivity contribution >= 4 is 7.82 Å². The van der Waals surface area contributed by atoms with Crippen LogP contribution in [-0.2, 0) is 13.6 Å². The van der Waals surface area contributed by atoms with E-state index in [1.165, 1.54) is 0 Å². The highest BCUT2D eigenvalue weighted by Gasteiger charge is 2.19. The van der Waals surface area contributed by atoms with E-state index in [-0.39, 0.29) is 0 Å². The Labute approximate surface area is 65.6 Å². The van der Waals surface area contributed by atoms with Gasteiger partial charge in [-0.15, -0.1) is 0 Å². The minimum atomic E-state index is -4.31. The Bertz CT molecular complexity index is 161. The van der Waals surface area contributed by atoms with Crippen molar-refractivity contribution in [3.8, 4) is 0 Å². The molecule has 0 spiro atoms. The van der Waals surface area contributed by atoms with E-state index in [9.17, 15) is 9.46 Å². The molecule has 1 atom stereocenters. The van der Waals surface area contributed by atoms with E-state index in [0.29, 0.717) is 0 Å². The van der Waals surface area contributed by atoms with E-state index >= 15 is 0 Å². The maximum Gasteiger partial charge on any atom is 0.270 e. The molecule has 6 heteroatoms. The second kappa shape index (κ2) is 3.65. The average Bonchev–Trinajstić information content (AvgIpc) is 1.55. The Hall–Kier alpha value is 0.0700. The first-order valence-corrected chi connectivity index (χ1v) is 4.50. The van der Waals surface area contributed by atoms with Crippen molar-refractivity contribution in [1.82, 2.24) is 0 Å². The smallest absolute Gasteiger partial charge is 0.270 e. The first-order valence-electron chi connectivity index (χ1n) is 3.04. The fourth-order valence-corrected chi connectivity index (χ4v) is 1.30. The summed E-state index contributed by atoms with van der Waals surface area (Å²) in [5, 5.41) is 8.12. The summed E-state index contributed by atoms with van der Waals surface area (Å²) >= 11 is 0. The summed E-state index contributed by atoms with van der Waals surface area (Å²) in [5.41, 5.74) is -0.827. The van der Waals surface area contributed by atoms with Crippen LogP contribution in [0.5, 0.6) is 0 Å². The third-order valence-electron chi connectivity index (χ3n) is 0.602. The fourth-order valence-electron chi connectivity index (χ4n) is 0.432. The minimum Gasteiger partial charge on any atom is -0.756 e. The zero-order chi connectivity index (χ0) is 9.12. The van der Waals surface area contributed by atoms with Crippen LogP contribution in [0.2, 0.25) is 0 Å². The van der Waals surface area contributed by atoms with Crippen molar-refractivity contribution in [1.29, 1.82) is 0 Å². The maximum absolute atomic E-state index is 10.7. The number of hydrogen-bond donors (Lipinski definition) is 1. The van der Waals surface area contributed by atoms with Crippen LogP contribution in [0.3, 0.4) is 0 Å². The van der Waals surface area contributed by atoms with Crippen LogP contribution in [0.25, 0.3) is 0 Å². The Balaban J connectivity index is 4.03. The third kappa shape index (κ3) is 6.47. The van der Waals surface area contributed by atoms with Gasteiger partial charge in [-0.3, -0.25) is 9.09 Å². The lowest BCUT2D eigenvalue weighted by Gasteiger charge is -2.29. The molecule has 0 saturated heterocycles. The van der Waals surface area contributed by atoms with Crippen LogP contribution in [0.4, 0.5) is 0 Å². The maximum atomic E-state index is 10.7. The van der Waals surface area contributed by atoms with Gasteiger partial charge in [-0.25, -0.2) is 0 Å². The number of aliphatic hydroxyl groups excluding tert-OH is 1. The molecule has 0 aromatic rings. The van der Waals surface area contributed by atoms with E-state index in [4.69, 9.17) is 5.11 Å². The van der Waals surface area contributed by atoms with Crippen molar-refractivity contribution in [2.75, 3.05) is 6.79 Å². The van der Waals surface area contributed by atoms with Crippen molar-refractivity contribution in [3.63, 3.8) is 0 Å². The lowest BCUT2D eigenvalue weighted by molar-refractivity contribution is -0.238. The average molecular weight is 183 g/mol. The predicted molar refractivity (Wildman–Crippen MR) is 36.6 cm³/mol. The van der Waals surface area contributed by atoms with Gasteiger partial charge in [-0.1, -0.05) is 0 Å². The van der Waals surface area contributed by atoms with Gasteiger partial charge in [0.25, 0.3) is 7.82 Å². The predicted octanol–water partition coefficient (Wildman–Crippen LogP) is 0.236. The van der Waals surface area contributed by atoms with Gasteiger partial charge in [-0.2, -0.15) is 0 Å². The zero-order valence-corrected chi connectivity index (χ0v) is 7.63. The molecule has 0 aliphatic carbocycles. The van der Waals surface area contributed by atoms with Gasteiger partial charge >= 0.3 is 0 Å². The Morgan fingerprint density at radius 3 is 2.27 bits per heavy atom. The van der Waals surface area contributed by atoms with Crippen molar-refractivity contribution in [2.24, 2.45) is 0 Å². The summed E-state index contributed by atoms with van der Waals surface area (Å²) in [5.74, 6) is 0. The lowest BCUT2D eigenvalue weighted by Crippen LogP contribution is -2.22. The molecule has 0 aromatic carbocycles. The highest BCUT2D eigenvalue weighted by Crippen LogP contribution is 2.42. The molecule has 5 nitrogen and oxygen atoms in total. The Morgan fingerprint density at radius 1 is 1.55 bits per heavy atom. The van der Waals surface area contributed by atoms with Crippen LogP contribution < -0.4 is 4.89 Å². The standard InChI is InChI=1S/C5H13O5P/c1-5(2,3)10-11(7,8)9-4-6/h6H,4H2,1-3H3,(H,7,8)/p-1. The summed E-state index contributed by atoms with van der Waals surface area (Å²) < 4.78 is 19.1. The molecule has 1 N–H and O–H groups in total. The molecule has 0 aromatic heterocycles. The molecule has 0 bridgehead atoms. The molecule has 11 heavy (non-hydrogen) atoms. The molecule has 0 amide bonds. The molecular formula is C5H12O5P-. The number of hydrogen-bond acceptors (Lipinski definition) is 5. The molecule has 0 heterocycles. The topological polar surface area (TPSA) is 78.8 Å². The van der Waals surface area contributed by atoms with Gasteiger partial charge in [0.1, 0.15) is 0 Å². The Kier molecular flexibility index (Phi) is 3.67. The van der Waals surface area contributed by atoms with Gasteiger partial charge in [0.15, 0.2) is 6.79 Å². The molecule has 1 unspecified atom stereocenters. The van der Waals surface area contributed by atoms with Gasteiger partial charge in [-0.05, 0) is 20.8 Å². The monoisotopic (exact) mass is 183 g/mol. The van der Waals surface area contributed by atoms with Crippen LogP contribution in [-0.4, -0.2) is 17.5 Å². The molecule has 0 fully saturated rings. The second-order valence-corrected chi connectivity index (χ2v) is 4.24. The van der Waals surface area contributed by atoms with E-state index in [0.717, 1.165) is 0 Å². The van der Waals surface area contributed by atoms with Crippen molar-refractivity contribution < 1.29 is 23.6 Å². The van der Waals surface area contributed by atoms with Crippen LogP contribution in [0, 0.1) is 0 Å². The Morgan fingerprint density at radius 2 is 2.00 bits per heavy atom. The van der Waals surface area contributed by atoms with Crippen LogP contribution in [0.15, 0.2) is 0 Å². The molecule has 68 valence electrons. The summed E-state index contributed by atoms with van der Waals surface area (Å²) in [7, 11) is -4.31. The van der Waals surface area contributed by atoms with Crippen molar-refractivity contribution in [3.05, 3.63) is 0 Å². The SMILES string of the molecule is CC(C)(C)OP(=O)([O-])OCO. The van der Waals surface area contributed by atoms with E-state index in [1.807, 2.05) is 0 Å². The first kappa shape index (κ1) is 11.1. The number of phosphoric acid groups is 1. The van der Waals surface area contributed by atoms with Crippen LogP contribution >= 0.6 is 7.82 Å². The van der Waals surface area contributed by atoms with Gasteiger partial charge in [0, 0.05) is 0 Å². The number of phosphoric ester groups is 1. The highest BCUT2D eigenvalue weighted by molar-refractivity contribution is 7.45. The number of aliphatic hydroxyl groups is 1. The third-order valence-corrected chi connectivity index (χ3v) is 1.80. The zero-order valence-electron chi connectivity index (χ0n) is 6.73. The van der Waals surface area contributed by atoms with Crippen molar-refractivity contribution in [2.45, 2.75) is 26.4 Å². The van der Waals surface area contributed by atoms with Gasteiger partial charge in [0.05, 0.1) is 5.60 Å². The first-order chi connectivity index (χ1) is 4.77. The molecule has 0 radical (unpaired) electrons. The van der Waals surface area contributed by atoms with Gasteiger partial charge in [0.2, 0.25) is 0 Å². The second-order valence-electron chi connectivity index (χ2n) is 2.91. The molecular weight excluding hydrogens is 171 g/mol. The molecule has 0 aliphatic heterocycles. The summed E-state index contributed by atoms with van der Waals surface area (Å²) in [6.07, 6.45) is 0. The van der Waals surface area contributed by atoms with Gasteiger partial charge < -0.3 is 14.5 Å². The normalized spacial score (nSPS) is 17.9. The minimum absolute atomic E-state index is 0.827. The van der Waals surface area contributed by atoms with E-state index in [2.05, 4.69) is 9.05 Å². The van der Waals surface area contributed by atoms with E-state index < -0.39 is 20.2 Å². The lowest BCUT2D eigenvalue weighted by atomic mass is 10.2. The number of rotatable bonds is 3. The fraction of sp³-hybridized carbons (Fsp3) is 1.00. The summed E-state index contributed by atoms with van der Waals surface area (Å²) in [6.45, 7) is 3.81. The molecule has 0 rings (SSSR count). The van der Waals surface area contributed by atoms with Crippen LogP contribution in [0.1, 0.15) is 20.8 Å². The summed E-state index contributed by atoms with van der Waals surface area (Å²) in [6, 6.07) is 0. The van der Waals surface area contributed by atoms with E-state index in [1.54, 1.807) is 20.8 Å². The molecule has 0 aliphatic rings. The quantitative estimate of drug-likeness (QED) is 0.500. The summed E-state index contributed by atoms with van der Waals surface area (Å²) in [4.78, 5) is 10.7.